The molecule has 2 aromatic heterocycles. The van der Waals surface area contributed by atoms with E-state index in [4.69, 9.17) is 22.6 Å². The van der Waals surface area contributed by atoms with Crippen LogP contribution in [0.1, 0.15) is 33.2 Å². The number of benzene rings is 1. The number of pyridine rings is 2. The van der Waals surface area contributed by atoms with E-state index in [0.717, 1.165) is 6.07 Å². The lowest BCUT2D eigenvalue weighted by Gasteiger charge is -2.07. The highest BCUT2D eigenvalue weighted by atomic mass is 35.5. The fraction of sp³-hybridized carbons (Fsp3) is 0.200. The van der Waals surface area contributed by atoms with E-state index in [1.165, 1.54) is 61.2 Å². The van der Waals surface area contributed by atoms with Crippen molar-refractivity contribution in [2.24, 2.45) is 0 Å². The molecule has 0 aliphatic rings. The van der Waals surface area contributed by atoms with Crippen molar-refractivity contribution >= 4 is 11.6 Å². The summed E-state index contributed by atoms with van der Waals surface area (Å²) < 4.78 is 67.6. The van der Waals surface area contributed by atoms with Crippen molar-refractivity contribution in [1.82, 2.24) is 9.97 Å². The van der Waals surface area contributed by atoms with E-state index in [1.54, 1.807) is 0 Å². The molecule has 3 aromatic rings. The summed E-state index contributed by atoms with van der Waals surface area (Å²) in [6, 6.07) is 9.37. The number of aromatic nitrogens is 2. The van der Waals surface area contributed by atoms with Gasteiger partial charge in [-0.05, 0) is 72.0 Å². The molecule has 0 spiro atoms. The Bertz CT molecular complexity index is 978. The molecule has 2 heterocycles. The van der Waals surface area contributed by atoms with E-state index in [1.807, 2.05) is 0 Å². The van der Waals surface area contributed by atoms with Crippen LogP contribution in [0.15, 0.2) is 67.3 Å². The average molecular weight is 331 g/mol. The van der Waals surface area contributed by atoms with E-state index in [-0.39, 0.29) is 27.3 Å². The molecule has 0 N–H and O–H groups in total. The summed E-state index contributed by atoms with van der Waals surface area (Å²) in [5.41, 5.74) is -0.408. The predicted octanol–water partition coefficient (Wildman–Crippen LogP) is 4.70. The minimum atomic E-state index is -2.62. The zero-order valence-corrected chi connectivity index (χ0v) is 12.9. The Balaban J connectivity index is 2.12. The van der Waals surface area contributed by atoms with Gasteiger partial charge in [0.25, 0.3) is 0 Å². The van der Waals surface area contributed by atoms with Gasteiger partial charge in [-0.1, -0.05) is 29.8 Å². The Kier molecular flexibility index (Phi) is 2.95. The monoisotopic (exact) mass is 330 g/mol. The van der Waals surface area contributed by atoms with Crippen LogP contribution >= 0.6 is 11.6 Å². The van der Waals surface area contributed by atoms with Gasteiger partial charge in [-0.3, -0.25) is 9.97 Å². The van der Waals surface area contributed by atoms with Crippen LogP contribution in [0.25, 0.3) is 0 Å². The maximum absolute atomic E-state index is 8.50. The second-order valence-electron chi connectivity index (χ2n) is 4.71. The van der Waals surface area contributed by atoms with Gasteiger partial charge in [-0.15, -0.1) is 0 Å². The molecule has 3 rings (SSSR count). The Labute approximate surface area is 153 Å². The molecule has 0 amide bonds. The fourth-order valence-corrected chi connectivity index (χ4v) is 2.13. The molecule has 116 valence electrons. The van der Waals surface area contributed by atoms with Gasteiger partial charge in [0.1, 0.15) is 0 Å². The molecule has 0 aliphatic carbocycles. The molecular weight excluding hydrogens is 304 g/mol. The van der Waals surface area contributed by atoms with Crippen LogP contribution in [-0.4, -0.2) is 9.97 Å². The van der Waals surface area contributed by atoms with Crippen LogP contribution in [0.4, 0.5) is 0 Å². The highest BCUT2D eigenvalue weighted by Crippen LogP contribution is 2.18. The minimum Gasteiger partial charge on any atom is -0.264 e. The quantitative estimate of drug-likeness (QED) is 0.654. The van der Waals surface area contributed by atoms with Crippen LogP contribution in [0, 0.1) is 0 Å². The normalized spacial score (nSPS) is 18.3. The lowest BCUT2D eigenvalue weighted by Crippen LogP contribution is -1.96. The van der Waals surface area contributed by atoms with Gasteiger partial charge in [-0.25, -0.2) is 0 Å². The van der Waals surface area contributed by atoms with Crippen molar-refractivity contribution in [3.05, 3.63) is 94.5 Å². The molecule has 3 heteroatoms. The molecule has 0 saturated heterocycles. The molecule has 1 aromatic carbocycles. The molecule has 0 saturated carbocycles. The molecule has 23 heavy (non-hydrogen) atoms. The van der Waals surface area contributed by atoms with Crippen molar-refractivity contribution in [3.8, 4) is 0 Å². The first-order chi connectivity index (χ1) is 14.3. The van der Waals surface area contributed by atoms with Gasteiger partial charge < -0.3 is 0 Å². The maximum Gasteiger partial charge on any atom is 0.0411 e. The third-order valence-corrected chi connectivity index (χ3v) is 3.14. The average Bonchev–Trinajstić information content (AvgIpc) is 2.74. The van der Waals surface area contributed by atoms with Gasteiger partial charge in [0, 0.05) is 40.8 Å². The molecule has 0 fully saturated rings. The second kappa shape index (κ2) is 7.89. The first-order valence-corrected chi connectivity index (χ1v) is 7.32. The maximum atomic E-state index is 8.50. The van der Waals surface area contributed by atoms with Crippen molar-refractivity contribution in [1.29, 1.82) is 0 Å². The largest absolute Gasteiger partial charge is 0.264 e. The van der Waals surface area contributed by atoms with Crippen molar-refractivity contribution in [2.75, 3.05) is 0 Å². The second-order valence-corrected chi connectivity index (χ2v) is 5.15. The summed E-state index contributed by atoms with van der Waals surface area (Å²) in [6.07, 6.45) is -4.92. The van der Waals surface area contributed by atoms with Crippen molar-refractivity contribution in [2.45, 2.75) is 25.5 Å². The summed E-state index contributed by atoms with van der Waals surface area (Å²) in [5.74, 6) is 0. The zero-order chi connectivity index (χ0) is 23.1. The van der Waals surface area contributed by atoms with Crippen LogP contribution < -0.4 is 0 Å². The number of hydrogen-bond acceptors (Lipinski definition) is 2. The van der Waals surface area contributed by atoms with Gasteiger partial charge in [-0.2, -0.15) is 0 Å². The highest BCUT2D eigenvalue weighted by Gasteiger charge is 2.02. The molecule has 0 atom stereocenters. The number of rotatable bonds is 6. The summed E-state index contributed by atoms with van der Waals surface area (Å²) in [7, 11) is 0. The van der Waals surface area contributed by atoms with E-state index >= 15 is 0 Å². The molecule has 0 aliphatic heterocycles. The summed E-state index contributed by atoms with van der Waals surface area (Å²) in [5, 5.41) is -0.0378. The number of aryl methyl sites for hydroxylation is 4. The molecule has 0 bridgehead atoms. The Hall–Kier alpha value is -2.19. The fourth-order valence-electron chi connectivity index (χ4n) is 1.90. The van der Waals surface area contributed by atoms with Gasteiger partial charge >= 0.3 is 0 Å². The van der Waals surface area contributed by atoms with Crippen LogP contribution in [0.2, 0.25) is 5.02 Å². The first kappa shape index (κ1) is 8.60. The SMILES string of the molecule is [2H]C([2H])(c1cccnc1)C([2H])([2H])c1cc(Cl)cc(C([2H])([2H])C([2H])([2H])c2cccnc2)c1. The van der Waals surface area contributed by atoms with E-state index < -0.39 is 25.5 Å². The Morgan fingerprint density at radius 3 is 1.65 bits per heavy atom. The standard InChI is InChI=1S/C20H19ClN2/c21-20-12-18(7-5-16-3-1-9-22-14-16)11-19(13-20)8-6-17-4-2-10-23-15-17/h1-4,9-15H,5-8H2/i5D2,6D2,7D2,8D2. The van der Waals surface area contributed by atoms with Crippen molar-refractivity contribution < 1.29 is 11.0 Å². The summed E-state index contributed by atoms with van der Waals surface area (Å²) >= 11 is 6.15. The summed E-state index contributed by atoms with van der Waals surface area (Å²) in [6.45, 7) is 0. The van der Waals surface area contributed by atoms with E-state index in [9.17, 15) is 0 Å². The van der Waals surface area contributed by atoms with E-state index in [2.05, 4.69) is 9.97 Å². The van der Waals surface area contributed by atoms with Gasteiger partial charge in [0.2, 0.25) is 0 Å². The molecule has 2 nitrogen and oxygen atoms in total. The Morgan fingerprint density at radius 1 is 0.739 bits per heavy atom. The van der Waals surface area contributed by atoms with Gasteiger partial charge in [0.05, 0.1) is 0 Å². The lowest BCUT2D eigenvalue weighted by molar-refractivity contribution is 0.922. The van der Waals surface area contributed by atoms with Crippen LogP contribution in [-0.2, 0) is 25.5 Å². The minimum absolute atomic E-state index is 0.00947. The highest BCUT2D eigenvalue weighted by molar-refractivity contribution is 6.30. The number of hydrogen-bond donors (Lipinski definition) is 0. The van der Waals surface area contributed by atoms with Crippen LogP contribution in [0.3, 0.4) is 0 Å². The molecular formula is C20H19ClN2. The number of halogens is 1. The van der Waals surface area contributed by atoms with Crippen molar-refractivity contribution in [3.63, 3.8) is 0 Å². The molecule has 0 unspecified atom stereocenters. The third kappa shape index (κ3) is 4.90. The summed E-state index contributed by atoms with van der Waals surface area (Å²) in [4.78, 5) is 7.70. The first-order valence-electron chi connectivity index (χ1n) is 10.9. The lowest BCUT2D eigenvalue weighted by atomic mass is 10.00. The van der Waals surface area contributed by atoms with Crippen LogP contribution in [0.5, 0.6) is 0 Å². The zero-order valence-electron chi connectivity index (χ0n) is 20.1. The number of nitrogens with zero attached hydrogens (tertiary/aromatic N) is 2. The topological polar surface area (TPSA) is 25.8 Å². The predicted molar refractivity (Wildman–Crippen MR) is 94.7 cm³/mol. The van der Waals surface area contributed by atoms with E-state index in [0.29, 0.717) is 0 Å². The third-order valence-electron chi connectivity index (χ3n) is 2.92. The Morgan fingerprint density at radius 2 is 1.22 bits per heavy atom. The molecule has 0 radical (unpaired) electrons. The smallest absolute Gasteiger partial charge is 0.0411 e. The van der Waals surface area contributed by atoms with Gasteiger partial charge in [0.15, 0.2) is 0 Å².